The molecule has 0 radical (unpaired) electrons. The number of piperidine rings is 1. The predicted molar refractivity (Wildman–Crippen MR) is 92.5 cm³/mol. The zero-order chi connectivity index (χ0) is 17.0. The molecule has 2 amide bonds. The van der Waals surface area contributed by atoms with Crippen LogP contribution in [-0.4, -0.2) is 56.2 Å². The third kappa shape index (κ3) is 2.22. The summed E-state index contributed by atoms with van der Waals surface area (Å²) in [5.74, 6) is 0.568. The van der Waals surface area contributed by atoms with Gasteiger partial charge in [-0.25, -0.2) is 0 Å². The van der Waals surface area contributed by atoms with Crippen LogP contribution in [0.25, 0.3) is 0 Å². The number of benzene rings is 1. The lowest BCUT2D eigenvalue weighted by Crippen LogP contribution is -2.71. The molecule has 0 atom stereocenters. The van der Waals surface area contributed by atoms with Gasteiger partial charge in [0.2, 0.25) is 11.8 Å². The SMILES string of the molecule is O=C1CCCC(=O)N1N1CCOc2c(N3CC4(CNC4)C3)cccc21. The molecule has 7 heteroatoms. The highest BCUT2D eigenvalue weighted by Crippen LogP contribution is 2.46. The monoisotopic (exact) mass is 342 g/mol. The number of para-hydroxylation sites is 1. The van der Waals surface area contributed by atoms with Crippen molar-refractivity contribution >= 4 is 23.2 Å². The standard InChI is InChI=1S/C18H22N4O3/c23-15-5-2-6-16(24)22(15)21-7-8-25-17-13(3-1-4-14(17)21)20-11-18(12-20)9-19-10-18/h1,3-4,19H,2,5-12H2. The van der Waals surface area contributed by atoms with E-state index in [-0.39, 0.29) is 11.8 Å². The van der Waals surface area contributed by atoms with Gasteiger partial charge in [-0.3, -0.25) is 14.6 Å². The molecule has 4 aliphatic heterocycles. The number of nitrogens with zero attached hydrogens (tertiary/aromatic N) is 3. The third-order valence-corrected chi connectivity index (χ3v) is 5.69. The summed E-state index contributed by atoms with van der Waals surface area (Å²) in [6, 6.07) is 5.99. The Morgan fingerprint density at radius 3 is 2.44 bits per heavy atom. The number of hydrogen-bond donors (Lipinski definition) is 1. The van der Waals surface area contributed by atoms with Gasteiger partial charge in [0.05, 0.1) is 12.2 Å². The van der Waals surface area contributed by atoms with E-state index in [0.717, 1.165) is 43.3 Å². The van der Waals surface area contributed by atoms with Crippen LogP contribution in [0.3, 0.4) is 0 Å². The van der Waals surface area contributed by atoms with E-state index in [4.69, 9.17) is 4.74 Å². The van der Waals surface area contributed by atoms with Crippen molar-refractivity contribution in [3.63, 3.8) is 0 Å². The van der Waals surface area contributed by atoms with Gasteiger partial charge >= 0.3 is 0 Å². The Balaban J connectivity index is 1.46. The van der Waals surface area contributed by atoms with E-state index >= 15 is 0 Å². The van der Waals surface area contributed by atoms with E-state index < -0.39 is 0 Å². The summed E-state index contributed by atoms with van der Waals surface area (Å²) < 4.78 is 5.97. The summed E-state index contributed by atoms with van der Waals surface area (Å²) in [7, 11) is 0. The Morgan fingerprint density at radius 2 is 1.76 bits per heavy atom. The van der Waals surface area contributed by atoms with E-state index in [1.54, 1.807) is 0 Å². The average Bonchev–Trinajstić information content (AvgIpc) is 2.52. The number of rotatable bonds is 2. The van der Waals surface area contributed by atoms with Crippen LogP contribution in [0.4, 0.5) is 11.4 Å². The van der Waals surface area contributed by atoms with Gasteiger partial charge in [0.1, 0.15) is 12.3 Å². The lowest BCUT2D eigenvalue weighted by atomic mass is 9.74. The number of carbonyl (C=O) groups is 2. The summed E-state index contributed by atoms with van der Waals surface area (Å²) in [4.78, 5) is 27.0. The van der Waals surface area contributed by atoms with Gasteiger partial charge in [0, 0.05) is 44.4 Å². The molecule has 132 valence electrons. The first-order chi connectivity index (χ1) is 12.2. The van der Waals surface area contributed by atoms with E-state index in [0.29, 0.717) is 37.8 Å². The summed E-state index contributed by atoms with van der Waals surface area (Å²) in [6.45, 7) is 5.22. The highest BCUT2D eigenvalue weighted by atomic mass is 16.5. The van der Waals surface area contributed by atoms with Gasteiger partial charge in [0.25, 0.3) is 0 Å². The largest absolute Gasteiger partial charge is 0.487 e. The number of nitrogens with one attached hydrogen (secondary N) is 1. The van der Waals surface area contributed by atoms with Crippen LogP contribution in [0.2, 0.25) is 0 Å². The minimum Gasteiger partial charge on any atom is -0.487 e. The van der Waals surface area contributed by atoms with Crippen LogP contribution in [0.1, 0.15) is 19.3 Å². The summed E-state index contributed by atoms with van der Waals surface area (Å²) >= 11 is 0. The maximum atomic E-state index is 12.3. The van der Waals surface area contributed by atoms with Crippen molar-refractivity contribution in [2.24, 2.45) is 5.41 Å². The molecule has 5 rings (SSSR count). The normalized spacial score (nSPS) is 24.6. The van der Waals surface area contributed by atoms with E-state index in [1.807, 2.05) is 17.1 Å². The molecule has 1 spiro atoms. The fraction of sp³-hybridized carbons (Fsp3) is 0.556. The highest BCUT2D eigenvalue weighted by molar-refractivity contribution is 5.99. The second-order valence-electron chi connectivity index (χ2n) is 7.51. The van der Waals surface area contributed by atoms with Crippen LogP contribution in [-0.2, 0) is 9.59 Å². The Bertz CT molecular complexity index is 722. The molecule has 0 bridgehead atoms. The molecule has 25 heavy (non-hydrogen) atoms. The van der Waals surface area contributed by atoms with Crippen molar-refractivity contribution < 1.29 is 14.3 Å². The summed E-state index contributed by atoms with van der Waals surface area (Å²) in [5, 5.41) is 6.50. The number of carbonyl (C=O) groups excluding carboxylic acids is 2. The molecule has 0 aliphatic carbocycles. The highest BCUT2D eigenvalue weighted by Gasteiger charge is 2.48. The van der Waals surface area contributed by atoms with E-state index in [2.05, 4.69) is 16.3 Å². The number of anilines is 2. The molecular formula is C18H22N4O3. The Kier molecular flexibility index (Phi) is 3.22. The molecular weight excluding hydrogens is 320 g/mol. The third-order valence-electron chi connectivity index (χ3n) is 5.69. The lowest BCUT2D eigenvalue weighted by Gasteiger charge is -2.57. The second kappa shape index (κ2) is 5.36. The Hall–Kier alpha value is -2.28. The number of fused-ring (bicyclic) bond motifs is 1. The van der Waals surface area contributed by atoms with Gasteiger partial charge in [-0.15, -0.1) is 0 Å². The van der Waals surface area contributed by atoms with Crippen molar-refractivity contribution in [3.8, 4) is 5.75 Å². The first-order valence-electron chi connectivity index (χ1n) is 9.02. The minimum absolute atomic E-state index is 0.113. The molecule has 1 N–H and O–H groups in total. The van der Waals surface area contributed by atoms with Crippen molar-refractivity contribution in [1.82, 2.24) is 10.3 Å². The van der Waals surface area contributed by atoms with Crippen molar-refractivity contribution in [2.75, 3.05) is 49.2 Å². The molecule has 4 heterocycles. The Morgan fingerprint density at radius 1 is 1.04 bits per heavy atom. The second-order valence-corrected chi connectivity index (χ2v) is 7.51. The maximum Gasteiger partial charge on any atom is 0.248 e. The number of ether oxygens (including phenoxy) is 1. The summed E-state index contributed by atoms with van der Waals surface area (Å²) in [6.07, 6.45) is 1.51. The van der Waals surface area contributed by atoms with Crippen LogP contribution >= 0.6 is 0 Å². The van der Waals surface area contributed by atoms with E-state index in [1.165, 1.54) is 5.01 Å². The molecule has 4 aliphatic rings. The lowest BCUT2D eigenvalue weighted by molar-refractivity contribution is -0.149. The molecule has 7 nitrogen and oxygen atoms in total. The van der Waals surface area contributed by atoms with Gasteiger partial charge in [-0.2, -0.15) is 5.01 Å². The quantitative estimate of drug-likeness (QED) is 0.800. The molecule has 0 aromatic heterocycles. The zero-order valence-electron chi connectivity index (χ0n) is 14.2. The topological polar surface area (TPSA) is 65.1 Å². The van der Waals surface area contributed by atoms with Crippen LogP contribution in [0.5, 0.6) is 5.75 Å². The molecule has 1 aromatic carbocycles. The van der Waals surface area contributed by atoms with Crippen LogP contribution in [0, 0.1) is 5.41 Å². The zero-order valence-corrected chi connectivity index (χ0v) is 14.2. The fourth-order valence-corrected chi connectivity index (χ4v) is 4.32. The van der Waals surface area contributed by atoms with E-state index in [9.17, 15) is 9.59 Å². The van der Waals surface area contributed by atoms with Gasteiger partial charge in [-0.05, 0) is 18.6 Å². The molecule has 0 unspecified atom stereocenters. The Labute approximate surface area is 146 Å². The van der Waals surface area contributed by atoms with Gasteiger partial charge < -0.3 is 15.0 Å². The first kappa shape index (κ1) is 15.0. The number of hydrogen-bond acceptors (Lipinski definition) is 6. The molecule has 3 saturated heterocycles. The molecule has 1 aromatic rings. The minimum atomic E-state index is -0.113. The number of hydrazine groups is 1. The molecule has 3 fully saturated rings. The number of amides is 2. The van der Waals surface area contributed by atoms with Gasteiger partial charge in [-0.1, -0.05) is 6.07 Å². The molecule has 0 saturated carbocycles. The number of imide groups is 1. The van der Waals surface area contributed by atoms with Crippen molar-refractivity contribution in [2.45, 2.75) is 19.3 Å². The van der Waals surface area contributed by atoms with Crippen LogP contribution in [0.15, 0.2) is 18.2 Å². The smallest absolute Gasteiger partial charge is 0.248 e. The predicted octanol–water partition coefficient (Wildman–Crippen LogP) is 0.749. The van der Waals surface area contributed by atoms with Crippen molar-refractivity contribution in [1.29, 1.82) is 0 Å². The van der Waals surface area contributed by atoms with Gasteiger partial charge in [0.15, 0.2) is 5.75 Å². The average molecular weight is 342 g/mol. The summed E-state index contributed by atoms with van der Waals surface area (Å²) in [5.41, 5.74) is 2.31. The fourth-order valence-electron chi connectivity index (χ4n) is 4.32. The first-order valence-corrected chi connectivity index (χ1v) is 9.02. The van der Waals surface area contributed by atoms with Crippen molar-refractivity contribution in [3.05, 3.63) is 18.2 Å². The van der Waals surface area contributed by atoms with Crippen LogP contribution < -0.4 is 20.0 Å². The maximum absolute atomic E-state index is 12.3.